The fraction of sp³-hybridized carbons (Fsp3) is 0.167. The normalized spacial score (nSPS) is 11.8. The number of hydrogen-bond acceptors (Lipinski definition) is 3. The van der Waals surface area contributed by atoms with Gasteiger partial charge in [0.25, 0.3) is 0 Å². The highest BCUT2D eigenvalue weighted by Crippen LogP contribution is 2.19. The van der Waals surface area contributed by atoms with Crippen LogP contribution in [0, 0.1) is 0 Å². The lowest BCUT2D eigenvalue weighted by atomic mass is 10.0. The smallest absolute Gasteiger partial charge is 0.324 e. The van der Waals surface area contributed by atoms with Crippen LogP contribution in [-0.2, 0) is 35.6 Å². The van der Waals surface area contributed by atoms with Crippen molar-refractivity contribution in [1.29, 1.82) is 0 Å². The third-order valence-electron chi connectivity index (χ3n) is 5.67. The van der Waals surface area contributed by atoms with Crippen molar-refractivity contribution >= 4 is 5.97 Å². The second-order valence-electron chi connectivity index (χ2n) is 8.18. The summed E-state index contributed by atoms with van der Waals surface area (Å²) >= 11 is 0. The number of esters is 1. The molecule has 0 aliphatic carbocycles. The van der Waals surface area contributed by atoms with Crippen LogP contribution in [0.15, 0.2) is 121 Å². The van der Waals surface area contributed by atoms with Crippen molar-refractivity contribution in [3.8, 4) is 0 Å². The minimum absolute atomic E-state index is 0.199. The second kappa shape index (κ2) is 11.8. The molecule has 4 rings (SSSR count). The van der Waals surface area contributed by atoms with Crippen LogP contribution < -0.4 is 0 Å². The molecular weight excluding hydrogens is 406 g/mol. The van der Waals surface area contributed by atoms with Crippen molar-refractivity contribution in [2.75, 3.05) is 0 Å². The van der Waals surface area contributed by atoms with Gasteiger partial charge in [-0.05, 0) is 28.7 Å². The SMILES string of the molecule is O=C(OCc1ccccc1)[C@@H](Cc1ccccc1)N(Cc1ccccc1)Cc1ccccc1. The Morgan fingerprint density at radius 1 is 0.576 bits per heavy atom. The zero-order chi connectivity index (χ0) is 22.7. The van der Waals surface area contributed by atoms with Crippen LogP contribution in [0.1, 0.15) is 22.3 Å². The molecule has 0 saturated heterocycles. The van der Waals surface area contributed by atoms with E-state index in [-0.39, 0.29) is 12.6 Å². The highest BCUT2D eigenvalue weighted by atomic mass is 16.5. The van der Waals surface area contributed by atoms with Crippen LogP contribution in [0.5, 0.6) is 0 Å². The standard InChI is InChI=1S/C30H29NO2/c32-30(33-24-28-19-11-4-12-20-28)29(21-25-13-5-1-6-14-25)31(22-26-15-7-2-8-16-26)23-27-17-9-3-10-18-27/h1-20,29H,21-24H2/t29-/m1/s1. The topological polar surface area (TPSA) is 29.5 Å². The molecule has 1 atom stereocenters. The van der Waals surface area contributed by atoms with E-state index in [1.807, 2.05) is 84.9 Å². The van der Waals surface area contributed by atoms with Gasteiger partial charge in [-0.2, -0.15) is 0 Å². The first kappa shape index (κ1) is 22.5. The average Bonchev–Trinajstić information content (AvgIpc) is 2.88. The summed E-state index contributed by atoms with van der Waals surface area (Å²) in [7, 11) is 0. The lowest BCUT2D eigenvalue weighted by Crippen LogP contribution is -2.43. The summed E-state index contributed by atoms with van der Waals surface area (Å²) < 4.78 is 5.84. The van der Waals surface area contributed by atoms with Gasteiger partial charge in [-0.3, -0.25) is 9.69 Å². The number of benzene rings is 4. The average molecular weight is 436 g/mol. The summed E-state index contributed by atoms with van der Waals surface area (Å²) in [5, 5.41) is 0. The molecule has 0 unspecified atom stereocenters. The van der Waals surface area contributed by atoms with Gasteiger partial charge >= 0.3 is 5.97 Å². The molecule has 0 fully saturated rings. The Morgan fingerprint density at radius 3 is 1.42 bits per heavy atom. The van der Waals surface area contributed by atoms with Crippen LogP contribution in [-0.4, -0.2) is 16.9 Å². The van der Waals surface area contributed by atoms with Crippen LogP contribution in [0.4, 0.5) is 0 Å². The predicted octanol–water partition coefficient (Wildman–Crippen LogP) is 6.04. The van der Waals surface area contributed by atoms with Crippen molar-refractivity contribution in [1.82, 2.24) is 4.90 Å². The first-order chi connectivity index (χ1) is 16.3. The summed E-state index contributed by atoms with van der Waals surface area (Å²) in [6.45, 7) is 1.59. The Hall–Kier alpha value is -3.69. The third kappa shape index (κ3) is 6.90. The molecule has 3 heteroatoms. The van der Waals surface area contributed by atoms with E-state index < -0.39 is 6.04 Å². The van der Waals surface area contributed by atoms with Gasteiger partial charge < -0.3 is 4.74 Å². The zero-order valence-electron chi connectivity index (χ0n) is 18.7. The molecule has 0 spiro atoms. The summed E-state index contributed by atoms with van der Waals surface area (Å²) in [5.41, 5.74) is 4.44. The van der Waals surface area contributed by atoms with Crippen LogP contribution in [0.3, 0.4) is 0 Å². The molecule has 0 saturated carbocycles. The molecule has 166 valence electrons. The van der Waals surface area contributed by atoms with E-state index in [0.717, 1.165) is 11.1 Å². The molecular formula is C30H29NO2. The largest absolute Gasteiger partial charge is 0.460 e. The van der Waals surface area contributed by atoms with E-state index in [4.69, 9.17) is 4.74 Å². The van der Waals surface area contributed by atoms with Crippen molar-refractivity contribution in [3.63, 3.8) is 0 Å². The first-order valence-electron chi connectivity index (χ1n) is 11.3. The fourth-order valence-corrected chi connectivity index (χ4v) is 3.94. The molecule has 0 N–H and O–H groups in total. The molecule has 0 bridgehead atoms. The predicted molar refractivity (Wildman–Crippen MR) is 132 cm³/mol. The molecule has 4 aromatic rings. The number of rotatable bonds is 10. The maximum Gasteiger partial charge on any atom is 0.324 e. The van der Waals surface area contributed by atoms with E-state index in [2.05, 4.69) is 41.3 Å². The van der Waals surface area contributed by atoms with E-state index in [0.29, 0.717) is 19.5 Å². The molecule has 0 heterocycles. The summed E-state index contributed by atoms with van der Waals surface area (Å²) in [6.07, 6.45) is 0.591. The van der Waals surface area contributed by atoms with Gasteiger partial charge in [0.2, 0.25) is 0 Å². The maximum absolute atomic E-state index is 13.5. The minimum atomic E-state index is -0.406. The minimum Gasteiger partial charge on any atom is -0.460 e. The van der Waals surface area contributed by atoms with Crippen molar-refractivity contribution in [2.24, 2.45) is 0 Å². The van der Waals surface area contributed by atoms with E-state index >= 15 is 0 Å². The summed E-state index contributed by atoms with van der Waals surface area (Å²) in [5.74, 6) is -0.199. The number of hydrogen-bond donors (Lipinski definition) is 0. The number of ether oxygens (including phenoxy) is 1. The lowest BCUT2D eigenvalue weighted by molar-refractivity contribution is -0.152. The molecule has 0 aliphatic rings. The van der Waals surface area contributed by atoms with Gasteiger partial charge in [0.1, 0.15) is 12.6 Å². The zero-order valence-corrected chi connectivity index (χ0v) is 18.7. The molecule has 0 radical (unpaired) electrons. The van der Waals surface area contributed by atoms with Crippen LogP contribution >= 0.6 is 0 Å². The Kier molecular flexibility index (Phi) is 8.04. The molecule has 4 aromatic carbocycles. The number of nitrogens with zero attached hydrogens (tertiary/aromatic N) is 1. The molecule has 0 aliphatic heterocycles. The van der Waals surface area contributed by atoms with Gasteiger partial charge in [0, 0.05) is 13.1 Å². The highest BCUT2D eigenvalue weighted by Gasteiger charge is 2.28. The summed E-state index contributed by atoms with van der Waals surface area (Å²) in [6, 6.07) is 40.2. The second-order valence-corrected chi connectivity index (χ2v) is 8.18. The van der Waals surface area contributed by atoms with Gasteiger partial charge in [0.15, 0.2) is 0 Å². The third-order valence-corrected chi connectivity index (χ3v) is 5.67. The Labute approximate surface area is 196 Å². The first-order valence-corrected chi connectivity index (χ1v) is 11.3. The van der Waals surface area contributed by atoms with E-state index in [9.17, 15) is 4.79 Å². The monoisotopic (exact) mass is 435 g/mol. The van der Waals surface area contributed by atoms with E-state index in [1.165, 1.54) is 11.1 Å². The van der Waals surface area contributed by atoms with Crippen molar-refractivity contribution < 1.29 is 9.53 Å². The van der Waals surface area contributed by atoms with Crippen LogP contribution in [0.25, 0.3) is 0 Å². The lowest BCUT2D eigenvalue weighted by Gasteiger charge is -2.30. The van der Waals surface area contributed by atoms with Crippen molar-refractivity contribution in [3.05, 3.63) is 144 Å². The van der Waals surface area contributed by atoms with Gasteiger partial charge in [0.05, 0.1) is 0 Å². The molecule has 33 heavy (non-hydrogen) atoms. The fourth-order valence-electron chi connectivity index (χ4n) is 3.94. The Bertz CT molecular complexity index is 1060. The summed E-state index contributed by atoms with van der Waals surface area (Å²) in [4.78, 5) is 15.7. The maximum atomic E-state index is 13.5. The molecule has 0 amide bonds. The van der Waals surface area contributed by atoms with Gasteiger partial charge in [-0.1, -0.05) is 121 Å². The Morgan fingerprint density at radius 2 is 0.970 bits per heavy atom. The number of carbonyl (C=O) groups excluding carboxylic acids is 1. The quantitative estimate of drug-likeness (QED) is 0.284. The highest BCUT2D eigenvalue weighted by molar-refractivity contribution is 5.76. The van der Waals surface area contributed by atoms with Crippen LogP contribution in [0.2, 0.25) is 0 Å². The van der Waals surface area contributed by atoms with E-state index in [1.54, 1.807) is 0 Å². The molecule has 0 aromatic heterocycles. The molecule has 3 nitrogen and oxygen atoms in total. The van der Waals surface area contributed by atoms with Crippen molar-refractivity contribution in [2.45, 2.75) is 32.2 Å². The van der Waals surface area contributed by atoms with Gasteiger partial charge in [-0.15, -0.1) is 0 Å². The Balaban J connectivity index is 1.60. The van der Waals surface area contributed by atoms with Gasteiger partial charge in [-0.25, -0.2) is 0 Å². The number of carbonyl (C=O) groups is 1.